The quantitative estimate of drug-likeness (QED) is 0.788. The van der Waals surface area contributed by atoms with Crippen LogP contribution in [0.4, 0.5) is 5.82 Å². The first-order valence-electron chi connectivity index (χ1n) is 5.56. The first-order valence-corrected chi connectivity index (χ1v) is 5.56. The van der Waals surface area contributed by atoms with Crippen LogP contribution in [0.15, 0.2) is 18.3 Å². The highest BCUT2D eigenvalue weighted by molar-refractivity contribution is 5.94. The number of hydrogen-bond acceptors (Lipinski definition) is 4. The third kappa shape index (κ3) is 4.40. The Kier molecular flexibility index (Phi) is 4.90. The number of carbonyl (C=O) groups excluding carboxylic acids is 1. The molecule has 17 heavy (non-hydrogen) atoms. The Hall–Kier alpha value is -1.62. The number of nitrogens with zero attached hydrogens (tertiary/aromatic N) is 2. The molecule has 0 atom stereocenters. The number of nitrogens with one attached hydrogen (secondary N) is 1. The van der Waals surface area contributed by atoms with Crippen molar-refractivity contribution in [2.24, 2.45) is 5.92 Å². The van der Waals surface area contributed by atoms with E-state index in [0.29, 0.717) is 18.1 Å². The molecular formula is C12H19N3O2. The first-order chi connectivity index (χ1) is 8.00. The standard InChI is InChI=1S/C12H19N3O2/c1-9(2)8-17-14-12(16)10-5-6-13-11(7-10)15(3)4/h5-7,9H,8H2,1-4H3,(H,14,16). The van der Waals surface area contributed by atoms with E-state index in [1.165, 1.54) is 0 Å². The van der Waals surface area contributed by atoms with Gasteiger partial charge in [0, 0.05) is 25.9 Å². The second-order valence-electron chi connectivity index (χ2n) is 4.43. The average Bonchev–Trinajstić information content (AvgIpc) is 2.28. The van der Waals surface area contributed by atoms with Gasteiger partial charge in [-0.15, -0.1) is 0 Å². The van der Waals surface area contributed by atoms with Crippen molar-refractivity contribution in [2.75, 3.05) is 25.6 Å². The fourth-order valence-corrected chi connectivity index (χ4v) is 1.14. The zero-order valence-corrected chi connectivity index (χ0v) is 10.7. The summed E-state index contributed by atoms with van der Waals surface area (Å²) in [6.07, 6.45) is 1.60. The zero-order valence-electron chi connectivity index (χ0n) is 10.7. The lowest BCUT2D eigenvalue weighted by Gasteiger charge is -2.12. The van der Waals surface area contributed by atoms with Crippen molar-refractivity contribution in [3.8, 4) is 0 Å². The summed E-state index contributed by atoms with van der Waals surface area (Å²) in [7, 11) is 3.75. The highest BCUT2D eigenvalue weighted by Gasteiger charge is 2.08. The van der Waals surface area contributed by atoms with Crippen molar-refractivity contribution in [1.29, 1.82) is 0 Å². The summed E-state index contributed by atoms with van der Waals surface area (Å²) in [5, 5.41) is 0. The molecule has 1 aromatic rings. The maximum absolute atomic E-state index is 11.7. The van der Waals surface area contributed by atoms with E-state index in [-0.39, 0.29) is 5.91 Å². The third-order valence-corrected chi connectivity index (χ3v) is 2.05. The van der Waals surface area contributed by atoms with Crippen LogP contribution in [0.3, 0.4) is 0 Å². The number of carbonyl (C=O) groups is 1. The molecule has 0 aliphatic carbocycles. The molecule has 0 aliphatic heterocycles. The summed E-state index contributed by atoms with van der Waals surface area (Å²) in [4.78, 5) is 22.8. The lowest BCUT2D eigenvalue weighted by Crippen LogP contribution is -2.26. The Balaban J connectivity index is 2.59. The largest absolute Gasteiger partial charge is 0.363 e. The van der Waals surface area contributed by atoms with Crippen molar-refractivity contribution in [3.63, 3.8) is 0 Å². The van der Waals surface area contributed by atoms with Gasteiger partial charge < -0.3 is 4.90 Å². The Morgan fingerprint density at radius 1 is 1.53 bits per heavy atom. The van der Waals surface area contributed by atoms with Crippen molar-refractivity contribution in [3.05, 3.63) is 23.9 Å². The zero-order chi connectivity index (χ0) is 12.8. The predicted octanol–water partition coefficient (Wildman–Crippen LogP) is 1.47. The molecule has 1 heterocycles. The van der Waals surface area contributed by atoms with E-state index in [9.17, 15) is 4.79 Å². The van der Waals surface area contributed by atoms with Gasteiger partial charge in [-0.2, -0.15) is 0 Å². The van der Waals surface area contributed by atoms with Gasteiger partial charge in [-0.25, -0.2) is 10.5 Å². The molecule has 0 bridgehead atoms. The normalized spacial score (nSPS) is 10.4. The Morgan fingerprint density at radius 2 is 2.24 bits per heavy atom. The number of amides is 1. The fraction of sp³-hybridized carbons (Fsp3) is 0.500. The molecule has 0 fully saturated rings. The van der Waals surface area contributed by atoms with Crippen LogP contribution in [-0.4, -0.2) is 31.6 Å². The number of hydroxylamine groups is 1. The van der Waals surface area contributed by atoms with E-state index in [2.05, 4.69) is 10.5 Å². The van der Waals surface area contributed by atoms with Gasteiger partial charge in [0.15, 0.2) is 0 Å². The first kappa shape index (κ1) is 13.4. The van der Waals surface area contributed by atoms with E-state index in [0.717, 1.165) is 5.82 Å². The van der Waals surface area contributed by atoms with Gasteiger partial charge in [0.05, 0.1) is 6.61 Å². The summed E-state index contributed by atoms with van der Waals surface area (Å²) < 4.78 is 0. The SMILES string of the molecule is CC(C)CONC(=O)c1ccnc(N(C)C)c1. The Labute approximate surface area is 102 Å². The minimum absolute atomic E-state index is 0.254. The molecule has 1 aromatic heterocycles. The van der Waals surface area contributed by atoms with Crippen LogP contribution in [0.1, 0.15) is 24.2 Å². The van der Waals surface area contributed by atoms with Crippen LogP contribution in [0.25, 0.3) is 0 Å². The molecule has 0 radical (unpaired) electrons. The number of anilines is 1. The smallest absolute Gasteiger partial charge is 0.275 e. The molecule has 1 amide bonds. The van der Waals surface area contributed by atoms with Crippen LogP contribution in [0, 0.1) is 5.92 Å². The third-order valence-electron chi connectivity index (χ3n) is 2.05. The molecule has 5 heteroatoms. The molecule has 94 valence electrons. The van der Waals surface area contributed by atoms with E-state index in [1.807, 2.05) is 32.8 Å². The fourth-order valence-electron chi connectivity index (χ4n) is 1.14. The van der Waals surface area contributed by atoms with Gasteiger partial charge >= 0.3 is 0 Å². The second kappa shape index (κ2) is 6.20. The van der Waals surface area contributed by atoms with E-state index >= 15 is 0 Å². The van der Waals surface area contributed by atoms with Gasteiger partial charge in [0.2, 0.25) is 0 Å². The summed E-state index contributed by atoms with van der Waals surface area (Å²) in [5.41, 5.74) is 2.95. The number of hydrogen-bond donors (Lipinski definition) is 1. The topological polar surface area (TPSA) is 54.5 Å². The maximum Gasteiger partial charge on any atom is 0.275 e. The Morgan fingerprint density at radius 3 is 2.82 bits per heavy atom. The van der Waals surface area contributed by atoms with Gasteiger partial charge in [-0.05, 0) is 18.1 Å². The van der Waals surface area contributed by atoms with Crippen LogP contribution >= 0.6 is 0 Å². The van der Waals surface area contributed by atoms with Crippen molar-refractivity contribution in [1.82, 2.24) is 10.5 Å². The number of rotatable bonds is 5. The molecule has 0 spiro atoms. The van der Waals surface area contributed by atoms with E-state index in [4.69, 9.17) is 4.84 Å². The highest BCUT2D eigenvalue weighted by Crippen LogP contribution is 2.09. The van der Waals surface area contributed by atoms with Gasteiger partial charge in [-0.1, -0.05) is 13.8 Å². The summed E-state index contributed by atoms with van der Waals surface area (Å²) in [6, 6.07) is 3.37. The van der Waals surface area contributed by atoms with E-state index < -0.39 is 0 Å². The predicted molar refractivity (Wildman–Crippen MR) is 66.8 cm³/mol. The summed E-state index contributed by atoms with van der Waals surface area (Å²) >= 11 is 0. The van der Waals surface area contributed by atoms with Gasteiger partial charge in [0.25, 0.3) is 5.91 Å². The second-order valence-corrected chi connectivity index (χ2v) is 4.43. The Bertz CT molecular complexity index is 378. The molecule has 1 rings (SSSR count). The van der Waals surface area contributed by atoms with Crippen molar-refractivity contribution in [2.45, 2.75) is 13.8 Å². The molecule has 0 aliphatic rings. The maximum atomic E-state index is 11.7. The molecule has 1 N–H and O–H groups in total. The lowest BCUT2D eigenvalue weighted by molar-refractivity contribution is 0.0208. The van der Waals surface area contributed by atoms with Crippen molar-refractivity contribution >= 4 is 11.7 Å². The van der Waals surface area contributed by atoms with Crippen LogP contribution in [0.5, 0.6) is 0 Å². The molecule has 0 aromatic carbocycles. The van der Waals surface area contributed by atoms with Crippen LogP contribution in [-0.2, 0) is 4.84 Å². The summed E-state index contributed by atoms with van der Waals surface area (Å²) in [6.45, 7) is 4.53. The van der Waals surface area contributed by atoms with Gasteiger partial charge in [0.1, 0.15) is 5.82 Å². The molecule has 0 saturated heterocycles. The number of pyridine rings is 1. The van der Waals surface area contributed by atoms with Crippen molar-refractivity contribution < 1.29 is 9.63 Å². The van der Waals surface area contributed by atoms with Crippen LogP contribution < -0.4 is 10.4 Å². The molecule has 0 unspecified atom stereocenters. The minimum Gasteiger partial charge on any atom is -0.363 e. The van der Waals surface area contributed by atoms with E-state index in [1.54, 1.807) is 18.3 Å². The highest BCUT2D eigenvalue weighted by atomic mass is 16.6. The summed E-state index contributed by atoms with van der Waals surface area (Å²) in [5.74, 6) is 0.864. The average molecular weight is 237 g/mol. The lowest BCUT2D eigenvalue weighted by atomic mass is 10.2. The molecule has 0 saturated carbocycles. The molecule has 5 nitrogen and oxygen atoms in total. The number of aromatic nitrogens is 1. The molecular weight excluding hydrogens is 218 g/mol. The van der Waals surface area contributed by atoms with Crippen LogP contribution in [0.2, 0.25) is 0 Å². The van der Waals surface area contributed by atoms with Gasteiger partial charge in [-0.3, -0.25) is 9.63 Å². The monoisotopic (exact) mass is 237 g/mol. The minimum atomic E-state index is -0.254.